The average Bonchev–Trinajstić information content (AvgIpc) is 2.65. The molecule has 0 radical (unpaired) electrons. The molecule has 0 saturated carbocycles. The molecule has 1 unspecified atom stereocenters. The minimum absolute atomic E-state index is 0.0738. The summed E-state index contributed by atoms with van der Waals surface area (Å²) < 4.78 is 5.06. The number of benzene rings is 2. The highest BCUT2D eigenvalue weighted by molar-refractivity contribution is 5.97. The number of carbonyl (C=O) groups is 1. The molecular formula is C20H19N5O2. The highest BCUT2D eigenvalue weighted by Gasteiger charge is 2.36. The van der Waals surface area contributed by atoms with Gasteiger partial charge in [0.15, 0.2) is 0 Å². The van der Waals surface area contributed by atoms with Gasteiger partial charge in [-0.1, -0.05) is 42.5 Å². The molecule has 7 nitrogen and oxygen atoms in total. The van der Waals surface area contributed by atoms with Gasteiger partial charge in [-0.05, 0) is 23.3 Å². The molecule has 3 aromatic rings. The van der Waals surface area contributed by atoms with Crippen LogP contribution >= 0.6 is 0 Å². The summed E-state index contributed by atoms with van der Waals surface area (Å²) in [6.07, 6.45) is 0. The van der Waals surface area contributed by atoms with Gasteiger partial charge in [0.05, 0.1) is 18.6 Å². The molecule has 0 saturated heterocycles. The van der Waals surface area contributed by atoms with Crippen LogP contribution in [0.1, 0.15) is 24.0 Å². The number of allylic oxidation sites excluding steroid dienone is 1. The van der Waals surface area contributed by atoms with E-state index in [9.17, 15) is 4.79 Å². The Morgan fingerprint density at radius 1 is 1.11 bits per heavy atom. The summed E-state index contributed by atoms with van der Waals surface area (Å²) in [7, 11) is 1.36. The molecule has 0 aliphatic carbocycles. The lowest BCUT2D eigenvalue weighted by Crippen LogP contribution is -2.26. The quantitative estimate of drug-likeness (QED) is 0.601. The van der Waals surface area contributed by atoms with Crippen LogP contribution in [0.25, 0.3) is 10.8 Å². The van der Waals surface area contributed by atoms with Crippen molar-refractivity contribution >= 4 is 34.3 Å². The number of carbonyl (C=O) groups excluding carboxylic acids is 1. The Morgan fingerprint density at radius 2 is 1.85 bits per heavy atom. The first-order chi connectivity index (χ1) is 13.0. The maximum absolute atomic E-state index is 12.7. The van der Waals surface area contributed by atoms with Crippen molar-refractivity contribution in [3.63, 3.8) is 0 Å². The van der Waals surface area contributed by atoms with Crippen LogP contribution in [-0.4, -0.2) is 23.0 Å². The lowest BCUT2D eigenvalue weighted by Gasteiger charge is -2.30. The zero-order valence-electron chi connectivity index (χ0n) is 15.0. The van der Waals surface area contributed by atoms with Crippen LogP contribution in [0.4, 0.5) is 17.6 Å². The lowest BCUT2D eigenvalue weighted by atomic mass is 9.80. The van der Waals surface area contributed by atoms with Crippen LogP contribution in [0.15, 0.2) is 53.7 Å². The molecule has 1 atom stereocenters. The van der Waals surface area contributed by atoms with Gasteiger partial charge in [0.2, 0.25) is 5.95 Å². The Labute approximate surface area is 156 Å². The highest BCUT2D eigenvalue weighted by Crippen LogP contribution is 2.45. The summed E-state index contributed by atoms with van der Waals surface area (Å²) in [5.74, 6) is -0.0927. The Kier molecular flexibility index (Phi) is 3.92. The molecule has 136 valence electrons. The van der Waals surface area contributed by atoms with E-state index >= 15 is 0 Å². The molecule has 0 fully saturated rings. The standard InChI is InChI=1S/C20H19N5O2/c1-10-14(19(26)27-2)15(16-17(21)24-20(22)25-18(16)23-10)13-9-5-7-11-6-3-4-8-12(11)13/h3-9,15H,1-2H3,(H5,21,22,23,24,25). The summed E-state index contributed by atoms with van der Waals surface area (Å²) in [5.41, 5.74) is 14.7. The van der Waals surface area contributed by atoms with Crippen LogP contribution in [0.5, 0.6) is 0 Å². The second kappa shape index (κ2) is 6.28. The van der Waals surface area contributed by atoms with Crippen molar-refractivity contribution < 1.29 is 9.53 Å². The van der Waals surface area contributed by atoms with E-state index in [0.29, 0.717) is 22.7 Å². The van der Waals surface area contributed by atoms with Crippen LogP contribution < -0.4 is 16.8 Å². The van der Waals surface area contributed by atoms with Gasteiger partial charge in [0.25, 0.3) is 0 Å². The molecule has 7 heteroatoms. The van der Waals surface area contributed by atoms with Gasteiger partial charge in [0.1, 0.15) is 11.6 Å². The van der Waals surface area contributed by atoms with Crippen molar-refractivity contribution in [1.29, 1.82) is 0 Å². The van der Waals surface area contributed by atoms with E-state index in [1.54, 1.807) is 0 Å². The summed E-state index contributed by atoms with van der Waals surface area (Å²) in [6.45, 7) is 1.81. The molecule has 1 aliphatic heterocycles. The number of anilines is 3. The fourth-order valence-corrected chi connectivity index (χ4v) is 3.68. The van der Waals surface area contributed by atoms with E-state index in [1.807, 2.05) is 49.4 Å². The summed E-state index contributed by atoms with van der Waals surface area (Å²) in [4.78, 5) is 21.1. The molecule has 0 spiro atoms. The number of nitrogen functional groups attached to an aromatic ring is 2. The van der Waals surface area contributed by atoms with E-state index < -0.39 is 11.9 Å². The predicted octanol–water partition coefficient (Wildman–Crippen LogP) is 2.80. The minimum atomic E-state index is -0.472. The smallest absolute Gasteiger partial charge is 0.336 e. The van der Waals surface area contributed by atoms with E-state index in [0.717, 1.165) is 16.3 Å². The van der Waals surface area contributed by atoms with Gasteiger partial charge in [-0.25, -0.2) is 4.79 Å². The third-order valence-corrected chi connectivity index (χ3v) is 4.82. The first-order valence-corrected chi connectivity index (χ1v) is 8.48. The van der Waals surface area contributed by atoms with Crippen LogP contribution in [0.2, 0.25) is 0 Å². The molecule has 4 rings (SSSR count). The third-order valence-electron chi connectivity index (χ3n) is 4.82. The number of hydrogen-bond acceptors (Lipinski definition) is 7. The molecule has 0 amide bonds. The SMILES string of the molecule is COC(=O)C1=C(C)Nc2nc(N)nc(N)c2C1c1cccc2ccccc12. The van der Waals surface area contributed by atoms with Gasteiger partial charge < -0.3 is 21.5 Å². The number of ether oxygens (including phenoxy) is 1. The van der Waals surface area contributed by atoms with Gasteiger partial charge in [-0.2, -0.15) is 9.97 Å². The number of nitrogens with one attached hydrogen (secondary N) is 1. The number of esters is 1. The topological polar surface area (TPSA) is 116 Å². The van der Waals surface area contributed by atoms with Crippen molar-refractivity contribution in [2.75, 3.05) is 23.9 Å². The van der Waals surface area contributed by atoms with Crippen LogP contribution in [0.3, 0.4) is 0 Å². The van der Waals surface area contributed by atoms with Crippen molar-refractivity contribution in [3.05, 3.63) is 64.9 Å². The number of aromatic nitrogens is 2. The Bertz CT molecular complexity index is 1100. The zero-order valence-corrected chi connectivity index (χ0v) is 15.0. The molecule has 1 aliphatic rings. The average molecular weight is 361 g/mol. The predicted molar refractivity (Wildman–Crippen MR) is 105 cm³/mol. The minimum Gasteiger partial charge on any atom is -0.466 e. The maximum atomic E-state index is 12.7. The largest absolute Gasteiger partial charge is 0.466 e. The fraction of sp³-hybridized carbons (Fsp3) is 0.150. The number of methoxy groups -OCH3 is 1. The first kappa shape index (κ1) is 16.8. The number of rotatable bonds is 2. The zero-order chi connectivity index (χ0) is 19.1. The molecule has 2 heterocycles. The number of hydrogen-bond donors (Lipinski definition) is 3. The van der Waals surface area contributed by atoms with Crippen molar-refractivity contribution in [2.24, 2.45) is 0 Å². The second-order valence-electron chi connectivity index (χ2n) is 6.39. The molecule has 2 aromatic carbocycles. The number of nitrogens with zero attached hydrogens (tertiary/aromatic N) is 2. The van der Waals surface area contributed by atoms with Crippen molar-refractivity contribution in [1.82, 2.24) is 9.97 Å². The van der Waals surface area contributed by atoms with Crippen molar-refractivity contribution in [2.45, 2.75) is 12.8 Å². The van der Waals surface area contributed by atoms with Gasteiger partial charge in [-0.15, -0.1) is 0 Å². The Hall–Kier alpha value is -3.61. The Balaban J connectivity index is 2.07. The summed E-state index contributed by atoms with van der Waals surface area (Å²) >= 11 is 0. The van der Waals surface area contributed by atoms with E-state index in [1.165, 1.54) is 7.11 Å². The summed E-state index contributed by atoms with van der Waals surface area (Å²) in [5, 5.41) is 5.20. The van der Waals surface area contributed by atoms with Gasteiger partial charge >= 0.3 is 5.97 Å². The molecule has 1 aromatic heterocycles. The Morgan fingerprint density at radius 3 is 2.63 bits per heavy atom. The monoisotopic (exact) mass is 361 g/mol. The maximum Gasteiger partial charge on any atom is 0.336 e. The van der Waals surface area contributed by atoms with E-state index in [4.69, 9.17) is 16.2 Å². The third kappa shape index (κ3) is 2.64. The molecule has 27 heavy (non-hydrogen) atoms. The number of nitrogens with two attached hydrogens (primary N) is 2. The van der Waals surface area contributed by atoms with E-state index in [2.05, 4.69) is 15.3 Å². The molecule has 5 N–H and O–H groups in total. The highest BCUT2D eigenvalue weighted by atomic mass is 16.5. The van der Waals surface area contributed by atoms with Gasteiger partial charge in [0, 0.05) is 11.3 Å². The summed E-state index contributed by atoms with van der Waals surface area (Å²) in [6, 6.07) is 13.9. The normalized spacial score (nSPS) is 16.0. The van der Waals surface area contributed by atoms with Crippen LogP contribution in [-0.2, 0) is 9.53 Å². The number of fused-ring (bicyclic) bond motifs is 2. The molecular weight excluding hydrogens is 342 g/mol. The first-order valence-electron chi connectivity index (χ1n) is 8.48. The van der Waals surface area contributed by atoms with Crippen LogP contribution in [0, 0.1) is 0 Å². The lowest BCUT2D eigenvalue weighted by molar-refractivity contribution is -0.136. The fourth-order valence-electron chi connectivity index (χ4n) is 3.68. The second-order valence-corrected chi connectivity index (χ2v) is 6.39. The molecule has 0 bridgehead atoms. The van der Waals surface area contributed by atoms with E-state index in [-0.39, 0.29) is 11.8 Å². The van der Waals surface area contributed by atoms with Crippen molar-refractivity contribution in [3.8, 4) is 0 Å². The van der Waals surface area contributed by atoms with Gasteiger partial charge in [-0.3, -0.25) is 0 Å².